The Bertz CT molecular complexity index is 377. The van der Waals surface area contributed by atoms with Crippen molar-refractivity contribution in [2.75, 3.05) is 6.54 Å². The normalized spacial score (nSPS) is 13.5. The smallest absolute Gasteiger partial charge is 0.310 e. The fourth-order valence-electron chi connectivity index (χ4n) is 2.07. The number of aromatic nitrogens is 1. The summed E-state index contributed by atoms with van der Waals surface area (Å²) in [6, 6.07) is 1.57. The van der Waals surface area contributed by atoms with Crippen LogP contribution in [0.2, 0.25) is 0 Å². The second-order valence-electron chi connectivity index (χ2n) is 4.59. The van der Waals surface area contributed by atoms with E-state index in [4.69, 9.17) is 0 Å². The van der Waals surface area contributed by atoms with Crippen molar-refractivity contribution in [1.29, 1.82) is 0 Å². The van der Waals surface area contributed by atoms with Crippen molar-refractivity contribution in [2.24, 2.45) is 0 Å². The highest BCUT2D eigenvalue weighted by atomic mass is 19.4. The van der Waals surface area contributed by atoms with Crippen LogP contribution in [0.3, 0.4) is 0 Å². The van der Waals surface area contributed by atoms with E-state index < -0.39 is 12.6 Å². The minimum atomic E-state index is -4.11. The number of hydrogen-bond donors (Lipinski definition) is 1. The largest absolute Gasteiger partial charge is 0.389 e. The number of pyridine rings is 1. The van der Waals surface area contributed by atoms with Crippen LogP contribution in [0.25, 0.3) is 0 Å². The Kier molecular flexibility index (Phi) is 6.28. The number of hydrogen-bond acceptors (Lipinski definition) is 2. The molecule has 0 saturated heterocycles. The zero-order chi connectivity index (χ0) is 14.3. The van der Waals surface area contributed by atoms with E-state index in [2.05, 4.69) is 10.3 Å². The van der Waals surface area contributed by atoms with E-state index in [1.165, 1.54) is 0 Å². The number of alkyl halides is 3. The molecule has 0 bridgehead atoms. The van der Waals surface area contributed by atoms with Gasteiger partial charge in [-0.05, 0) is 43.0 Å². The molecule has 0 amide bonds. The van der Waals surface area contributed by atoms with Crippen molar-refractivity contribution in [3.8, 4) is 0 Å². The molecule has 108 valence electrons. The van der Waals surface area contributed by atoms with Crippen LogP contribution in [-0.2, 0) is 6.42 Å². The first-order chi connectivity index (χ1) is 8.98. The van der Waals surface area contributed by atoms with Crippen LogP contribution in [0.5, 0.6) is 0 Å². The predicted octanol–water partition coefficient (Wildman–Crippen LogP) is 4.03. The van der Waals surface area contributed by atoms with E-state index in [1.54, 1.807) is 12.4 Å². The lowest BCUT2D eigenvalue weighted by Crippen LogP contribution is -2.25. The average Bonchev–Trinajstić information content (AvgIpc) is 2.38. The Labute approximate surface area is 112 Å². The molecule has 0 aromatic carbocycles. The van der Waals surface area contributed by atoms with E-state index in [9.17, 15) is 13.2 Å². The fraction of sp³-hybridized carbons (Fsp3) is 0.643. The summed E-state index contributed by atoms with van der Waals surface area (Å²) < 4.78 is 37.2. The Morgan fingerprint density at radius 3 is 2.63 bits per heavy atom. The highest BCUT2D eigenvalue weighted by Gasteiger charge is 2.29. The fourth-order valence-corrected chi connectivity index (χ4v) is 2.07. The maximum absolute atomic E-state index is 12.4. The minimum absolute atomic E-state index is 0.0700. The zero-order valence-corrected chi connectivity index (χ0v) is 11.4. The van der Waals surface area contributed by atoms with Gasteiger partial charge in [0.2, 0.25) is 0 Å². The Hall–Kier alpha value is -1.10. The third-order valence-corrected chi connectivity index (χ3v) is 3.05. The van der Waals surface area contributed by atoms with Crippen LogP contribution in [0.15, 0.2) is 18.5 Å². The summed E-state index contributed by atoms with van der Waals surface area (Å²) in [5, 5.41) is 3.21. The third kappa shape index (κ3) is 5.59. The Balaban J connectivity index is 2.82. The molecule has 1 rings (SSSR count). The summed E-state index contributed by atoms with van der Waals surface area (Å²) in [6.45, 7) is 4.70. The lowest BCUT2D eigenvalue weighted by atomic mass is 9.97. The minimum Gasteiger partial charge on any atom is -0.310 e. The Morgan fingerprint density at radius 1 is 1.32 bits per heavy atom. The monoisotopic (exact) mass is 274 g/mol. The lowest BCUT2D eigenvalue weighted by Gasteiger charge is -2.22. The highest BCUT2D eigenvalue weighted by Crippen LogP contribution is 2.29. The summed E-state index contributed by atoms with van der Waals surface area (Å²) in [7, 11) is 0. The van der Waals surface area contributed by atoms with Crippen molar-refractivity contribution in [3.63, 3.8) is 0 Å². The second kappa shape index (κ2) is 7.48. The maximum Gasteiger partial charge on any atom is 0.389 e. The average molecular weight is 274 g/mol. The molecule has 0 aliphatic carbocycles. The molecule has 19 heavy (non-hydrogen) atoms. The molecule has 0 fully saturated rings. The van der Waals surface area contributed by atoms with Gasteiger partial charge in [-0.25, -0.2) is 0 Å². The van der Waals surface area contributed by atoms with E-state index in [0.29, 0.717) is 6.54 Å². The number of nitrogens with zero attached hydrogens (tertiary/aromatic N) is 1. The molecule has 0 spiro atoms. The molecule has 1 unspecified atom stereocenters. The number of halogens is 3. The van der Waals surface area contributed by atoms with E-state index in [1.807, 2.05) is 19.9 Å². The third-order valence-electron chi connectivity index (χ3n) is 3.05. The maximum atomic E-state index is 12.4. The first-order valence-corrected chi connectivity index (χ1v) is 6.70. The van der Waals surface area contributed by atoms with Crippen molar-refractivity contribution in [3.05, 3.63) is 29.6 Å². The zero-order valence-electron chi connectivity index (χ0n) is 11.4. The molecule has 0 saturated carbocycles. The van der Waals surface area contributed by atoms with Crippen LogP contribution < -0.4 is 5.32 Å². The molecule has 0 aliphatic heterocycles. The van der Waals surface area contributed by atoms with Crippen molar-refractivity contribution < 1.29 is 13.2 Å². The topological polar surface area (TPSA) is 24.9 Å². The van der Waals surface area contributed by atoms with Crippen molar-refractivity contribution >= 4 is 0 Å². The molecular formula is C14H21F3N2. The van der Waals surface area contributed by atoms with Gasteiger partial charge in [0.05, 0.1) is 0 Å². The van der Waals surface area contributed by atoms with Gasteiger partial charge < -0.3 is 5.32 Å². The van der Waals surface area contributed by atoms with Crippen LogP contribution in [0.4, 0.5) is 13.2 Å². The number of nitrogens with one attached hydrogen (secondary N) is 1. The van der Waals surface area contributed by atoms with Gasteiger partial charge in [-0.3, -0.25) is 4.98 Å². The molecule has 2 nitrogen and oxygen atoms in total. The van der Waals surface area contributed by atoms with Gasteiger partial charge in [-0.15, -0.1) is 0 Å². The molecule has 1 aromatic rings. The lowest BCUT2D eigenvalue weighted by molar-refractivity contribution is -0.136. The van der Waals surface area contributed by atoms with Gasteiger partial charge in [-0.2, -0.15) is 13.2 Å². The van der Waals surface area contributed by atoms with E-state index >= 15 is 0 Å². The number of rotatable bonds is 7. The van der Waals surface area contributed by atoms with Crippen LogP contribution >= 0.6 is 0 Å². The number of aryl methyl sites for hydroxylation is 1. The summed E-state index contributed by atoms with van der Waals surface area (Å²) in [5.41, 5.74) is 1.95. The van der Waals surface area contributed by atoms with Crippen LogP contribution in [0, 0.1) is 0 Å². The first-order valence-electron chi connectivity index (χ1n) is 6.70. The summed E-state index contributed by atoms with van der Waals surface area (Å²) >= 11 is 0. The van der Waals surface area contributed by atoms with Crippen molar-refractivity contribution in [1.82, 2.24) is 10.3 Å². The van der Waals surface area contributed by atoms with Crippen LogP contribution in [-0.4, -0.2) is 17.7 Å². The molecule has 1 atom stereocenters. The Morgan fingerprint density at radius 2 is 2.05 bits per heavy atom. The molecule has 1 heterocycles. The van der Waals surface area contributed by atoms with E-state index in [0.717, 1.165) is 24.0 Å². The van der Waals surface area contributed by atoms with Gasteiger partial charge in [0.15, 0.2) is 0 Å². The molecule has 1 aromatic heterocycles. The van der Waals surface area contributed by atoms with E-state index in [-0.39, 0.29) is 12.5 Å². The van der Waals surface area contributed by atoms with Crippen molar-refractivity contribution in [2.45, 2.75) is 51.7 Å². The standard InChI is InChI=1S/C14H21F3N2/c1-3-8-19-13(5-7-14(15,16)17)12-6-9-18-10-11(12)4-2/h6,9-10,13,19H,3-5,7-8H2,1-2H3. The van der Waals surface area contributed by atoms with Crippen LogP contribution in [0.1, 0.15) is 50.3 Å². The van der Waals surface area contributed by atoms with Gasteiger partial charge in [0.25, 0.3) is 0 Å². The van der Waals surface area contributed by atoms with Gasteiger partial charge in [0, 0.05) is 24.9 Å². The highest BCUT2D eigenvalue weighted by molar-refractivity contribution is 5.26. The summed E-state index contributed by atoms with van der Waals surface area (Å²) in [5.74, 6) is 0. The van der Waals surface area contributed by atoms with Gasteiger partial charge >= 0.3 is 6.18 Å². The predicted molar refractivity (Wildman–Crippen MR) is 69.9 cm³/mol. The molecule has 0 aliphatic rings. The second-order valence-corrected chi connectivity index (χ2v) is 4.59. The molecule has 0 radical (unpaired) electrons. The van der Waals surface area contributed by atoms with Gasteiger partial charge in [-0.1, -0.05) is 13.8 Å². The SMILES string of the molecule is CCCNC(CCC(F)(F)F)c1ccncc1CC. The first kappa shape index (κ1) is 16.0. The molecule has 1 N–H and O–H groups in total. The quantitative estimate of drug-likeness (QED) is 0.812. The molecule has 5 heteroatoms. The summed E-state index contributed by atoms with van der Waals surface area (Å²) in [6.07, 6.45) is 0.257. The molecular weight excluding hydrogens is 253 g/mol. The summed E-state index contributed by atoms with van der Waals surface area (Å²) in [4.78, 5) is 4.04. The van der Waals surface area contributed by atoms with Gasteiger partial charge in [0.1, 0.15) is 0 Å².